The maximum absolute atomic E-state index is 4.44. The van der Waals surface area contributed by atoms with Crippen molar-refractivity contribution in [3.05, 3.63) is 39.3 Å². The smallest absolute Gasteiger partial charge is 0.191 e. The number of thiophene rings is 1. The number of aliphatic imine (C=N–C) groups is 1. The zero-order chi connectivity index (χ0) is 16.1. The van der Waals surface area contributed by atoms with Gasteiger partial charge in [-0.2, -0.15) is 16.4 Å². The quantitative estimate of drug-likeness (QED) is 0.658. The van der Waals surface area contributed by atoms with Crippen LogP contribution in [-0.4, -0.2) is 29.3 Å². The zero-order valence-corrected chi connectivity index (χ0v) is 14.8. The SMILES string of the molecule is CN=C(NCc1c(C)nn(C)c1C)NCC(C)c1ccsc1. The van der Waals surface area contributed by atoms with Crippen LogP contribution in [0.1, 0.15) is 35.4 Å². The molecule has 0 amide bonds. The van der Waals surface area contributed by atoms with Crippen molar-refractivity contribution in [2.45, 2.75) is 33.2 Å². The topological polar surface area (TPSA) is 54.2 Å². The summed E-state index contributed by atoms with van der Waals surface area (Å²) in [6, 6.07) is 2.18. The Labute approximate surface area is 136 Å². The van der Waals surface area contributed by atoms with Gasteiger partial charge < -0.3 is 10.6 Å². The molecule has 120 valence electrons. The molecule has 2 rings (SSSR count). The standard InChI is InChI=1S/C16H25N5S/c1-11(14-6-7-22-10-14)8-18-16(17-4)19-9-15-12(2)20-21(5)13(15)3/h6-7,10-11H,8-9H2,1-5H3,(H2,17,18,19). The number of rotatable bonds is 5. The van der Waals surface area contributed by atoms with Crippen LogP contribution in [0, 0.1) is 13.8 Å². The number of aromatic nitrogens is 2. The lowest BCUT2D eigenvalue weighted by molar-refractivity contribution is 0.699. The lowest BCUT2D eigenvalue weighted by Gasteiger charge is -2.15. The zero-order valence-electron chi connectivity index (χ0n) is 14.0. The maximum Gasteiger partial charge on any atom is 0.191 e. The molecule has 0 saturated carbocycles. The van der Waals surface area contributed by atoms with Crippen LogP contribution < -0.4 is 10.6 Å². The van der Waals surface area contributed by atoms with E-state index in [2.05, 4.69) is 51.4 Å². The minimum Gasteiger partial charge on any atom is -0.356 e. The first-order chi connectivity index (χ1) is 10.5. The van der Waals surface area contributed by atoms with Crippen LogP contribution in [0.25, 0.3) is 0 Å². The molecule has 5 nitrogen and oxygen atoms in total. The first-order valence-corrected chi connectivity index (χ1v) is 8.43. The van der Waals surface area contributed by atoms with Crippen LogP contribution in [-0.2, 0) is 13.6 Å². The Balaban J connectivity index is 1.88. The summed E-state index contributed by atoms with van der Waals surface area (Å²) in [6.07, 6.45) is 0. The first-order valence-electron chi connectivity index (χ1n) is 7.48. The third kappa shape index (κ3) is 3.88. The minimum absolute atomic E-state index is 0.465. The van der Waals surface area contributed by atoms with Gasteiger partial charge in [0.15, 0.2) is 5.96 Å². The highest BCUT2D eigenvalue weighted by Crippen LogP contribution is 2.17. The van der Waals surface area contributed by atoms with E-state index in [0.29, 0.717) is 5.92 Å². The molecule has 2 aromatic heterocycles. The number of hydrogen-bond acceptors (Lipinski definition) is 3. The van der Waals surface area contributed by atoms with Crippen molar-refractivity contribution in [2.24, 2.45) is 12.0 Å². The minimum atomic E-state index is 0.465. The van der Waals surface area contributed by atoms with Gasteiger partial charge in [-0.15, -0.1) is 0 Å². The van der Waals surface area contributed by atoms with Gasteiger partial charge in [0.25, 0.3) is 0 Å². The van der Waals surface area contributed by atoms with Gasteiger partial charge in [0, 0.05) is 38.4 Å². The van der Waals surface area contributed by atoms with E-state index < -0.39 is 0 Å². The summed E-state index contributed by atoms with van der Waals surface area (Å²) in [5.41, 5.74) is 4.85. The number of nitrogens with one attached hydrogen (secondary N) is 2. The van der Waals surface area contributed by atoms with Gasteiger partial charge in [0.2, 0.25) is 0 Å². The molecule has 0 radical (unpaired) electrons. The molecule has 0 saturated heterocycles. The highest BCUT2D eigenvalue weighted by Gasteiger charge is 2.11. The molecule has 0 aliphatic carbocycles. The van der Waals surface area contributed by atoms with Crippen molar-refractivity contribution in [2.75, 3.05) is 13.6 Å². The Hall–Kier alpha value is -1.82. The van der Waals surface area contributed by atoms with Gasteiger partial charge in [-0.3, -0.25) is 9.67 Å². The molecule has 0 aliphatic rings. The van der Waals surface area contributed by atoms with Crippen LogP contribution in [0.4, 0.5) is 0 Å². The summed E-state index contributed by atoms with van der Waals surface area (Å²) in [5.74, 6) is 1.29. The van der Waals surface area contributed by atoms with E-state index in [1.807, 2.05) is 18.7 Å². The average Bonchev–Trinajstić information content (AvgIpc) is 3.10. The van der Waals surface area contributed by atoms with Crippen molar-refractivity contribution in [3.63, 3.8) is 0 Å². The third-order valence-electron chi connectivity index (χ3n) is 4.00. The second-order valence-electron chi connectivity index (χ2n) is 5.54. The van der Waals surface area contributed by atoms with Crippen LogP contribution in [0.5, 0.6) is 0 Å². The maximum atomic E-state index is 4.44. The molecule has 1 unspecified atom stereocenters. The molecular formula is C16H25N5S. The second kappa shape index (κ2) is 7.45. The molecular weight excluding hydrogens is 294 g/mol. The Bertz CT molecular complexity index is 627. The van der Waals surface area contributed by atoms with Crippen molar-refractivity contribution in [3.8, 4) is 0 Å². The predicted octanol–water partition coefficient (Wildman–Crippen LogP) is 2.57. The monoisotopic (exact) mass is 319 g/mol. The van der Waals surface area contributed by atoms with E-state index in [-0.39, 0.29) is 0 Å². The fraction of sp³-hybridized carbons (Fsp3) is 0.500. The Morgan fingerprint density at radius 3 is 2.73 bits per heavy atom. The van der Waals surface area contributed by atoms with Gasteiger partial charge in [0.1, 0.15) is 0 Å². The van der Waals surface area contributed by atoms with Crippen LogP contribution in [0.15, 0.2) is 21.8 Å². The van der Waals surface area contributed by atoms with E-state index in [1.54, 1.807) is 18.4 Å². The highest BCUT2D eigenvalue weighted by molar-refractivity contribution is 7.07. The van der Waals surface area contributed by atoms with Gasteiger partial charge in [0.05, 0.1) is 5.69 Å². The van der Waals surface area contributed by atoms with Gasteiger partial charge >= 0.3 is 0 Å². The number of hydrogen-bond donors (Lipinski definition) is 2. The summed E-state index contributed by atoms with van der Waals surface area (Å²) in [7, 11) is 3.77. The average molecular weight is 319 g/mol. The second-order valence-corrected chi connectivity index (χ2v) is 6.32. The van der Waals surface area contributed by atoms with E-state index in [4.69, 9.17) is 0 Å². The molecule has 0 spiro atoms. The molecule has 6 heteroatoms. The number of nitrogens with zero attached hydrogens (tertiary/aromatic N) is 3. The van der Waals surface area contributed by atoms with E-state index >= 15 is 0 Å². The van der Waals surface area contributed by atoms with Gasteiger partial charge in [-0.05, 0) is 42.2 Å². The molecule has 0 fully saturated rings. The lowest BCUT2D eigenvalue weighted by atomic mass is 10.1. The van der Waals surface area contributed by atoms with Gasteiger partial charge in [-0.1, -0.05) is 6.92 Å². The fourth-order valence-electron chi connectivity index (χ4n) is 2.39. The van der Waals surface area contributed by atoms with Crippen molar-refractivity contribution in [1.29, 1.82) is 0 Å². The predicted molar refractivity (Wildman–Crippen MR) is 93.6 cm³/mol. The van der Waals surface area contributed by atoms with E-state index in [0.717, 1.165) is 24.7 Å². The first kappa shape index (κ1) is 16.5. The molecule has 0 aliphatic heterocycles. The largest absolute Gasteiger partial charge is 0.356 e. The third-order valence-corrected chi connectivity index (χ3v) is 4.70. The molecule has 0 aromatic carbocycles. The van der Waals surface area contributed by atoms with E-state index in [1.165, 1.54) is 16.8 Å². The summed E-state index contributed by atoms with van der Waals surface area (Å²) in [6.45, 7) is 7.95. The summed E-state index contributed by atoms with van der Waals surface area (Å²) >= 11 is 1.74. The van der Waals surface area contributed by atoms with Crippen molar-refractivity contribution >= 4 is 17.3 Å². The Morgan fingerprint density at radius 1 is 1.41 bits per heavy atom. The Kier molecular flexibility index (Phi) is 5.60. The summed E-state index contributed by atoms with van der Waals surface area (Å²) in [4.78, 5) is 4.29. The molecule has 1 atom stereocenters. The number of guanidine groups is 1. The van der Waals surface area contributed by atoms with Crippen molar-refractivity contribution in [1.82, 2.24) is 20.4 Å². The Morgan fingerprint density at radius 2 is 2.18 bits per heavy atom. The van der Waals surface area contributed by atoms with Crippen LogP contribution >= 0.6 is 11.3 Å². The van der Waals surface area contributed by atoms with Crippen molar-refractivity contribution < 1.29 is 0 Å². The normalized spacial score (nSPS) is 13.2. The molecule has 22 heavy (non-hydrogen) atoms. The van der Waals surface area contributed by atoms with Crippen LogP contribution in [0.3, 0.4) is 0 Å². The summed E-state index contributed by atoms with van der Waals surface area (Å²) < 4.78 is 1.92. The molecule has 0 bridgehead atoms. The number of aryl methyl sites for hydroxylation is 2. The molecule has 2 heterocycles. The van der Waals surface area contributed by atoms with Crippen LogP contribution in [0.2, 0.25) is 0 Å². The highest BCUT2D eigenvalue weighted by atomic mass is 32.1. The summed E-state index contributed by atoms with van der Waals surface area (Å²) in [5, 5.41) is 15.5. The fourth-order valence-corrected chi connectivity index (χ4v) is 3.17. The molecule has 2 aromatic rings. The van der Waals surface area contributed by atoms with E-state index in [9.17, 15) is 0 Å². The molecule has 2 N–H and O–H groups in total. The lowest BCUT2D eigenvalue weighted by Crippen LogP contribution is -2.38. The van der Waals surface area contributed by atoms with Gasteiger partial charge in [-0.25, -0.2) is 0 Å².